The number of anilines is 2. The highest BCUT2D eigenvalue weighted by molar-refractivity contribution is 5.93. The van der Waals surface area contributed by atoms with Crippen LogP contribution < -0.4 is 32.1 Å². The molecule has 2 aromatic carbocycles. The van der Waals surface area contributed by atoms with Gasteiger partial charge in [0.05, 0.1) is 29.9 Å². The van der Waals surface area contributed by atoms with Crippen LogP contribution in [0.5, 0.6) is 5.75 Å². The number of aromatic hydroxyl groups is 1. The smallest absolute Gasteiger partial charge is 0.416 e. The standard InChI is InChI=1S/C29H23F3N6O4.BrH/c1-17-24(26(40)42-2)25(23-9-8-18(15-33)13-19(23)10-12-36-11-4-7-22(39)16-36)38-27(34-35-28(38)41)37(17)21-6-3-5-20(14-21)29(30,31)32;/h3-9,11,13-14,16,25H,10,12H2,1-2H3,(H-,35,39,41);1H. The number of nitrogens with one attached hydrogen (secondary N) is 1. The number of halogens is 4. The van der Waals surface area contributed by atoms with Crippen molar-refractivity contribution in [3.63, 3.8) is 0 Å². The van der Waals surface area contributed by atoms with E-state index in [-0.39, 0.29) is 45.6 Å². The van der Waals surface area contributed by atoms with Gasteiger partial charge in [-0.2, -0.15) is 18.4 Å². The first-order valence-corrected chi connectivity index (χ1v) is 12.7. The molecule has 1 atom stereocenters. The van der Waals surface area contributed by atoms with Gasteiger partial charge in [0.25, 0.3) is 0 Å². The fraction of sp³-hybridized carbons (Fsp3) is 0.207. The van der Waals surface area contributed by atoms with Gasteiger partial charge >= 0.3 is 17.8 Å². The lowest BCUT2D eigenvalue weighted by Gasteiger charge is -2.36. The molecule has 0 aliphatic carbocycles. The van der Waals surface area contributed by atoms with Gasteiger partial charge in [0, 0.05) is 23.9 Å². The normalized spacial score (nSPS) is 14.5. The number of nitrogens with zero attached hydrogens (tertiary/aromatic N) is 5. The number of alkyl halides is 3. The molecule has 0 spiro atoms. The van der Waals surface area contributed by atoms with Crippen molar-refractivity contribution in [2.45, 2.75) is 32.1 Å². The minimum atomic E-state index is -4.63. The predicted octanol–water partition coefficient (Wildman–Crippen LogP) is 0.890. The zero-order valence-electron chi connectivity index (χ0n) is 22.8. The van der Waals surface area contributed by atoms with Crippen LogP contribution in [-0.4, -0.2) is 33.0 Å². The number of aromatic amines is 1. The Morgan fingerprint density at radius 1 is 1.21 bits per heavy atom. The van der Waals surface area contributed by atoms with Gasteiger partial charge in [-0.15, -0.1) is 5.10 Å². The molecule has 43 heavy (non-hydrogen) atoms. The first kappa shape index (κ1) is 31.0. The van der Waals surface area contributed by atoms with Crippen LogP contribution >= 0.6 is 0 Å². The van der Waals surface area contributed by atoms with Crippen molar-refractivity contribution in [3.8, 4) is 11.8 Å². The van der Waals surface area contributed by atoms with Gasteiger partial charge in [-0.3, -0.25) is 4.90 Å². The molecule has 0 saturated heterocycles. The Labute approximate surface area is 253 Å². The van der Waals surface area contributed by atoms with E-state index in [1.807, 2.05) is 0 Å². The molecule has 1 aliphatic heterocycles. The van der Waals surface area contributed by atoms with Gasteiger partial charge in [0.1, 0.15) is 6.04 Å². The number of fused-ring (bicyclic) bond motifs is 1. The van der Waals surface area contributed by atoms with E-state index in [0.29, 0.717) is 29.7 Å². The zero-order valence-corrected chi connectivity index (χ0v) is 24.3. The summed E-state index contributed by atoms with van der Waals surface area (Å²) in [4.78, 5) is 27.9. The van der Waals surface area contributed by atoms with Gasteiger partial charge in [-0.1, -0.05) is 12.1 Å². The number of aromatic nitrogens is 4. The van der Waals surface area contributed by atoms with E-state index in [1.165, 1.54) is 47.9 Å². The Hall–Kier alpha value is -4.90. The quantitative estimate of drug-likeness (QED) is 0.233. The van der Waals surface area contributed by atoms with Crippen molar-refractivity contribution in [3.05, 3.63) is 111 Å². The molecule has 14 heteroatoms. The minimum Gasteiger partial charge on any atom is -1.00 e. The monoisotopic (exact) mass is 656 g/mol. The summed E-state index contributed by atoms with van der Waals surface area (Å²) in [6.45, 7) is 1.91. The molecule has 2 N–H and O–H groups in total. The van der Waals surface area contributed by atoms with Crippen molar-refractivity contribution in [1.82, 2.24) is 14.8 Å². The number of allylic oxidation sites excluding steroid dienone is 1. The maximum atomic E-state index is 13.6. The van der Waals surface area contributed by atoms with Crippen LogP contribution in [0.2, 0.25) is 0 Å². The van der Waals surface area contributed by atoms with E-state index in [2.05, 4.69) is 16.3 Å². The summed E-state index contributed by atoms with van der Waals surface area (Å²) in [7, 11) is 1.17. The van der Waals surface area contributed by atoms with E-state index in [0.717, 1.165) is 12.1 Å². The van der Waals surface area contributed by atoms with Crippen LogP contribution in [0.25, 0.3) is 0 Å². The number of hydrogen-bond donors (Lipinski definition) is 2. The molecule has 10 nitrogen and oxygen atoms in total. The Balaban J connectivity index is 0.00000423. The highest BCUT2D eigenvalue weighted by Crippen LogP contribution is 2.43. The van der Waals surface area contributed by atoms with Crippen LogP contribution in [0.4, 0.5) is 24.8 Å². The Morgan fingerprint density at radius 3 is 2.65 bits per heavy atom. The van der Waals surface area contributed by atoms with Gasteiger partial charge < -0.3 is 26.8 Å². The van der Waals surface area contributed by atoms with E-state index < -0.39 is 29.4 Å². The lowest BCUT2D eigenvalue weighted by atomic mass is 9.89. The van der Waals surface area contributed by atoms with Crippen molar-refractivity contribution in [1.29, 1.82) is 5.26 Å². The molecule has 3 heterocycles. The van der Waals surface area contributed by atoms with Crippen molar-refractivity contribution < 1.29 is 49.4 Å². The lowest BCUT2D eigenvalue weighted by molar-refractivity contribution is -0.696. The SMILES string of the molecule is COC(=O)C1=C(C)N(c2cccc(C(F)(F)F)c2)c2n[nH]c(=O)n2C1c1ccc(C#N)cc1CC[n+]1cccc(O)c1.[Br-]. The third-order valence-corrected chi connectivity index (χ3v) is 7.03. The summed E-state index contributed by atoms with van der Waals surface area (Å²) in [6, 6.07) is 13.5. The third kappa shape index (κ3) is 5.89. The maximum absolute atomic E-state index is 13.6. The second-order valence-electron chi connectivity index (χ2n) is 9.55. The number of H-pyrrole nitrogens is 1. The number of rotatable bonds is 6. The molecule has 0 bridgehead atoms. The molecule has 5 rings (SSSR count). The summed E-state index contributed by atoms with van der Waals surface area (Å²) >= 11 is 0. The minimum absolute atomic E-state index is 0. The molecular formula is C29H24BrF3N6O4. The Kier molecular flexibility index (Phi) is 8.77. The fourth-order valence-electron chi connectivity index (χ4n) is 5.13. The number of carbonyl (C=O) groups is 1. The van der Waals surface area contributed by atoms with E-state index in [1.54, 1.807) is 35.0 Å². The maximum Gasteiger partial charge on any atom is 0.416 e. The Morgan fingerprint density at radius 2 is 1.98 bits per heavy atom. The van der Waals surface area contributed by atoms with Crippen LogP contribution in [0, 0.1) is 11.3 Å². The van der Waals surface area contributed by atoms with Crippen LogP contribution in [0.15, 0.2) is 83.1 Å². The number of carbonyl (C=O) groups excluding carboxylic acids is 1. The fourth-order valence-corrected chi connectivity index (χ4v) is 5.13. The lowest BCUT2D eigenvalue weighted by Crippen LogP contribution is -3.00. The number of hydrogen-bond acceptors (Lipinski definition) is 7. The van der Waals surface area contributed by atoms with E-state index in [4.69, 9.17) is 4.74 Å². The topological polar surface area (TPSA) is 128 Å². The summed E-state index contributed by atoms with van der Waals surface area (Å²) in [5, 5.41) is 25.9. The predicted molar refractivity (Wildman–Crippen MR) is 142 cm³/mol. The highest BCUT2D eigenvalue weighted by atomic mass is 79.9. The Bertz CT molecular complexity index is 1830. The van der Waals surface area contributed by atoms with Crippen molar-refractivity contribution in [2.75, 3.05) is 12.0 Å². The first-order valence-electron chi connectivity index (χ1n) is 12.7. The molecule has 0 fully saturated rings. The second kappa shape index (κ2) is 12.1. The molecule has 0 saturated carbocycles. The van der Waals surface area contributed by atoms with Gasteiger partial charge in [-0.05, 0) is 54.4 Å². The number of esters is 1. The average Bonchev–Trinajstić information content (AvgIpc) is 3.35. The number of nitriles is 1. The molecule has 0 radical (unpaired) electrons. The number of methoxy groups -OCH3 is 1. The molecular weight excluding hydrogens is 633 g/mol. The molecule has 4 aromatic rings. The molecule has 1 unspecified atom stereocenters. The second-order valence-corrected chi connectivity index (χ2v) is 9.55. The molecule has 2 aromatic heterocycles. The number of pyridine rings is 1. The van der Waals surface area contributed by atoms with Crippen LogP contribution in [-0.2, 0) is 28.7 Å². The largest absolute Gasteiger partial charge is 1.00 e. The molecule has 0 amide bonds. The van der Waals surface area contributed by atoms with Crippen LogP contribution in [0.3, 0.4) is 0 Å². The zero-order chi connectivity index (χ0) is 30.2. The molecule has 1 aliphatic rings. The number of aryl methyl sites for hydroxylation is 2. The summed E-state index contributed by atoms with van der Waals surface area (Å²) in [6.07, 6.45) is -1.01. The van der Waals surface area contributed by atoms with Crippen LogP contribution in [0.1, 0.15) is 35.2 Å². The average molecular weight is 657 g/mol. The van der Waals surface area contributed by atoms with Gasteiger partial charge in [0.15, 0.2) is 18.5 Å². The third-order valence-electron chi connectivity index (χ3n) is 7.03. The molecule has 222 valence electrons. The van der Waals surface area contributed by atoms with E-state index in [9.17, 15) is 33.1 Å². The summed E-state index contributed by atoms with van der Waals surface area (Å²) < 4.78 is 48.8. The van der Waals surface area contributed by atoms with Crippen molar-refractivity contribution >= 4 is 17.6 Å². The highest BCUT2D eigenvalue weighted by Gasteiger charge is 2.41. The first-order chi connectivity index (χ1) is 20.0. The van der Waals surface area contributed by atoms with Gasteiger partial charge in [0.2, 0.25) is 12.1 Å². The van der Waals surface area contributed by atoms with Crippen molar-refractivity contribution in [2.24, 2.45) is 0 Å². The van der Waals surface area contributed by atoms with E-state index >= 15 is 0 Å². The summed E-state index contributed by atoms with van der Waals surface area (Å²) in [5.41, 5.74) is 0.0612. The van der Waals surface area contributed by atoms with Gasteiger partial charge in [-0.25, -0.2) is 23.8 Å². The summed E-state index contributed by atoms with van der Waals surface area (Å²) in [5.74, 6) is -0.773. The number of benzene rings is 2. The number of ether oxygens (including phenoxy) is 1.